The van der Waals surface area contributed by atoms with E-state index in [2.05, 4.69) is 4.99 Å². The lowest BCUT2D eigenvalue weighted by Crippen LogP contribution is -2.39. The molecule has 180 valence electrons. The van der Waals surface area contributed by atoms with Gasteiger partial charge in [-0.15, -0.1) is 11.8 Å². The van der Waals surface area contributed by atoms with Crippen LogP contribution >= 0.6 is 23.1 Å². The van der Waals surface area contributed by atoms with Crippen molar-refractivity contribution in [1.82, 2.24) is 4.57 Å². The third-order valence-corrected chi connectivity index (χ3v) is 7.72. The van der Waals surface area contributed by atoms with Crippen LogP contribution in [0, 0.1) is 6.92 Å². The minimum atomic E-state index is -0.624. The van der Waals surface area contributed by atoms with Gasteiger partial charge < -0.3 is 14.2 Å². The van der Waals surface area contributed by atoms with E-state index < -0.39 is 12.0 Å². The van der Waals surface area contributed by atoms with Crippen molar-refractivity contribution in [3.05, 3.63) is 84.0 Å². The summed E-state index contributed by atoms with van der Waals surface area (Å²) in [4.78, 5) is 33.0. The molecule has 0 radical (unpaired) electrons. The number of carbonyl (C=O) groups excluding carboxylic acids is 1. The summed E-state index contributed by atoms with van der Waals surface area (Å²) in [6.07, 6.45) is 3.85. The van der Waals surface area contributed by atoms with Crippen LogP contribution in [0.1, 0.15) is 36.6 Å². The molecule has 0 saturated carbocycles. The summed E-state index contributed by atoms with van der Waals surface area (Å²) in [5.74, 6) is 0.889. The fourth-order valence-corrected chi connectivity index (χ4v) is 5.69. The number of fused-ring (bicyclic) bond motifs is 2. The van der Waals surface area contributed by atoms with E-state index in [1.807, 2.05) is 55.7 Å². The summed E-state index contributed by atoms with van der Waals surface area (Å²) in [6, 6.07) is 11.0. The maximum atomic E-state index is 13.7. The summed E-state index contributed by atoms with van der Waals surface area (Å²) in [5.41, 5.74) is 3.37. The zero-order valence-electron chi connectivity index (χ0n) is 19.8. The van der Waals surface area contributed by atoms with Crippen LogP contribution in [0.5, 0.6) is 11.5 Å². The maximum absolute atomic E-state index is 13.7. The van der Waals surface area contributed by atoms with Gasteiger partial charge in [0.25, 0.3) is 5.56 Å². The van der Waals surface area contributed by atoms with Gasteiger partial charge in [-0.05, 0) is 74.1 Å². The number of hydrogen-bond acceptors (Lipinski definition) is 8. The number of aromatic nitrogens is 1. The van der Waals surface area contributed by atoms with Crippen LogP contribution in [0.3, 0.4) is 0 Å². The standard InChI is InChI=1S/C26H24N2O5S2/c1-5-31-25(30)22-15(3)27-26-28(23(22)16-6-8-18(34-4)9-7-16)24(29)21(35-26)12-17-11-20-19(10-14(17)2)32-13-33-20/h6-12,23H,5,13H2,1-4H3/b21-12-. The number of ether oxygens (including phenoxy) is 3. The van der Waals surface area contributed by atoms with E-state index in [-0.39, 0.29) is 19.0 Å². The van der Waals surface area contributed by atoms with Gasteiger partial charge in [0.2, 0.25) is 6.79 Å². The Morgan fingerprint density at radius 2 is 1.94 bits per heavy atom. The lowest BCUT2D eigenvalue weighted by molar-refractivity contribution is -0.139. The van der Waals surface area contributed by atoms with Gasteiger partial charge in [0, 0.05) is 4.90 Å². The van der Waals surface area contributed by atoms with Gasteiger partial charge >= 0.3 is 5.97 Å². The first kappa shape index (κ1) is 23.4. The molecular weight excluding hydrogens is 484 g/mol. The molecule has 0 amide bonds. The number of hydrogen-bond donors (Lipinski definition) is 0. The van der Waals surface area contributed by atoms with Crippen LogP contribution in [0.25, 0.3) is 6.08 Å². The highest BCUT2D eigenvalue weighted by molar-refractivity contribution is 7.98. The summed E-state index contributed by atoms with van der Waals surface area (Å²) < 4.78 is 18.5. The largest absolute Gasteiger partial charge is 0.463 e. The topological polar surface area (TPSA) is 79.1 Å². The van der Waals surface area contributed by atoms with Gasteiger partial charge in [-0.3, -0.25) is 9.36 Å². The molecule has 0 saturated heterocycles. The SMILES string of the molecule is CCOC(=O)C1=C(C)N=c2s/c(=C\c3cc4c(cc3C)OCO4)c(=O)n2C1c1ccc(SC)cc1. The Kier molecular flexibility index (Phi) is 6.29. The number of allylic oxidation sites excluding steroid dienone is 1. The summed E-state index contributed by atoms with van der Waals surface area (Å²) in [6.45, 7) is 5.94. The van der Waals surface area contributed by atoms with Crippen molar-refractivity contribution in [2.24, 2.45) is 4.99 Å². The molecule has 35 heavy (non-hydrogen) atoms. The molecule has 0 N–H and O–H groups in total. The lowest BCUT2D eigenvalue weighted by Gasteiger charge is -2.24. The second kappa shape index (κ2) is 9.39. The zero-order chi connectivity index (χ0) is 24.7. The molecule has 9 heteroatoms. The minimum Gasteiger partial charge on any atom is -0.463 e. The van der Waals surface area contributed by atoms with Crippen molar-refractivity contribution < 1.29 is 19.0 Å². The molecule has 3 aromatic rings. The first-order valence-electron chi connectivity index (χ1n) is 11.1. The quantitative estimate of drug-likeness (QED) is 0.387. The number of nitrogens with zero attached hydrogens (tertiary/aromatic N) is 2. The average Bonchev–Trinajstić information content (AvgIpc) is 3.42. The fraction of sp³-hybridized carbons (Fsp3) is 0.269. The molecule has 5 rings (SSSR count). The molecule has 2 aromatic carbocycles. The van der Waals surface area contributed by atoms with Crippen molar-refractivity contribution in [2.45, 2.75) is 31.7 Å². The van der Waals surface area contributed by atoms with Gasteiger partial charge in [0.15, 0.2) is 16.3 Å². The summed E-state index contributed by atoms with van der Waals surface area (Å²) >= 11 is 2.93. The Morgan fingerprint density at radius 3 is 2.63 bits per heavy atom. The van der Waals surface area contributed by atoms with Crippen LogP contribution in [0.4, 0.5) is 0 Å². The van der Waals surface area contributed by atoms with Gasteiger partial charge in [-0.1, -0.05) is 23.5 Å². The van der Waals surface area contributed by atoms with Gasteiger partial charge in [-0.2, -0.15) is 0 Å². The third kappa shape index (κ3) is 4.19. The summed E-state index contributed by atoms with van der Waals surface area (Å²) in [5, 5.41) is 0. The normalized spacial score (nSPS) is 16.8. The molecule has 1 atom stereocenters. The second-order valence-corrected chi connectivity index (χ2v) is 10.0. The third-order valence-electron chi connectivity index (χ3n) is 6.00. The number of carbonyl (C=O) groups is 1. The van der Waals surface area contributed by atoms with Crippen LogP contribution in [-0.2, 0) is 9.53 Å². The number of esters is 1. The van der Waals surface area contributed by atoms with Crippen LogP contribution in [0.2, 0.25) is 0 Å². The van der Waals surface area contributed by atoms with E-state index >= 15 is 0 Å². The van der Waals surface area contributed by atoms with Gasteiger partial charge in [-0.25, -0.2) is 9.79 Å². The molecular formula is C26H24N2O5S2. The Hall–Kier alpha value is -3.30. The number of aryl methyl sites for hydroxylation is 1. The molecule has 1 unspecified atom stereocenters. The number of thiazole rings is 1. The molecule has 0 spiro atoms. The first-order chi connectivity index (χ1) is 16.9. The number of benzene rings is 2. The summed E-state index contributed by atoms with van der Waals surface area (Å²) in [7, 11) is 0. The van der Waals surface area contributed by atoms with E-state index in [4.69, 9.17) is 14.2 Å². The fourth-order valence-electron chi connectivity index (χ4n) is 4.25. The highest BCUT2D eigenvalue weighted by Crippen LogP contribution is 2.35. The highest BCUT2D eigenvalue weighted by atomic mass is 32.2. The first-order valence-corrected chi connectivity index (χ1v) is 13.2. The molecule has 3 heterocycles. The molecule has 2 aliphatic heterocycles. The molecule has 0 fully saturated rings. The van der Waals surface area contributed by atoms with E-state index in [0.717, 1.165) is 21.6 Å². The van der Waals surface area contributed by atoms with E-state index in [1.165, 1.54) is 11.3 Å². The van der Waals surface area contributed by atoms with Crippen molar-refractivity contribution in [3.63, 3.8) is 0 Å². The predicted molar refractivity (Wildman–Crippen MR) is 136 cm³/mol. The van der Waals surface area contributed by atoms with Crippen molar-refractivity contribution in [2.75, 3.05) is 19.7 Å². The van der Waals surface area contributed by atoms with Crippen LogP contribution < -0.4 is 24.4 Å². The van der Waals surface area contributed by atoms with E-state index in [1.54, 1.807) is 30.2 Å². The molecule has 1 aromatic heterocycles. The molecule has 7 nitrogen and oxygen atoms in total. The van der Waals surface area contributed by atoms with Crippen molar-refractivity contribution >= 4 is 35.1 Å². The van der Waals surface area contributed by atoms with E-state index in [9.17, 15) is 9.59 Å². The molecule has 0 aliphatic carbocycles. The lowest BCUT2D eigenvalue weighted by atomic mass is 9.96. The second-order valence-electron chi connectivity index (χ2n) is 8.14. The average molecular weight is 509 g/mol. The van der Waals surface area contributed by atoms with Crippen molar-refractivity contribution in [1.29, 1.82) is 0 Å². The predicted octanol–water partition coefficient (Wildman–Crippen LogP) is 3.56. The van der Waals surface area contributed by atoms with Gasteiger partial charge in [0.1, 0.15) is 0 Å². The Bertz CT molecular complexity index is 1530. The highest BCUT2D eigenvalue weighted by Gasteiger charge is 2.33. The van der Waals surface area contributed by atoms with Crippen LogP contribution in [-0.4, -0.2) is 30.2 Å². The van der Waals surface area contributed by atoms with E-state index in [0.29, 0.717) is 32.1 Å². The van der Waals surface area contributed by atoms with Crippen LogP contribution in [0.15, 0.2) is 62.4 Å². The number of rotatable bonds is 5. The molecule has 0 bridgehead atoms. The Balaban J connectivity index is 1.70. The number of thioether (sulfide) groups is 1. The monoisotopic (exact) mass is 508 g/mol. The zero-order valence-corrected chi connectivity index (χ0v) is 21.4. The maximum Gasteiger partial charge on any atom is 0.338 e. The Morgan fingerprint density at radius 1 is 1.23 bits per heavy atom. The Labute approximate surface area is 210 Å². The van der Waals surface area contributed by atoms with Gasteiger partial charge in [0.05, 0.1) is 28.5 Å². The van der Waals surface area contributed by atoms with Crippen molar-refractivity contribution in [3.8, 4) is 11.5 Å². The minimum absolute atomic E-state index is 0.186. The molecule has 2 aliphatic rings. The smallest absolute Gasteiger partial charge is 0.338 e.